The van der Waals surface area contributed by atoms with Crippen LogP contribution in [0.15, 0.2) is 52.4 Å². The van der Waals surface area contributed by atoms with Crippen molar-refractivity contribution in [2.75, 3.05) is 13.2 Å². The summed E-state index contributed by atoms with van der Waals surface area (Å²) in [4.78, 5) is 4.66. The largest absolute Gasteiger partial charge is 0.493 e. The van der Waals surface area contributed by atoms with Crippen LogP contribution in [0.25, 0.3) is 0 Å². The average Bonchev–Trinajstić information content (AvgIpc) is 2.69. The second kappa shape index (κ2) is 10.8. The molecule has 2 aromatic carbocycles. The molecule has 0 saturated carbocycles. The summed E-state index contributed by atoms with van der Waals surface area (Å²) in [6.07, 6.45) is 0.954. The van der Waals surface area contributed by atoms with Crippen LogP contribution >= 0.6 is 0 Å². The first-order chi connectivity index (χ1) is 13.8. The number of rotatable bonds is 9. The lowest BCUT2D eigenvalue weighted by atomic mass is 10.1. The first-order valence-corrected chi connectivity index (χ1v) is 11.2. The molecule has 0 heterocycles. The van der Waals surface area contributed by atoms with Crippen molar-refractivity contribution < 1.29 is 13.2 Å². The molecule has 7 nitrogen and oxygen atoms in total. The van der Waals surface area contributed by atoms with Gasteiger partial charge in [-0.1, -0.05) is 31.2 Å². The van der Waals surface area contributed by atoms with Crippen LogP contribution in [0, 0.1) is 6.92 Å². The molecular formula is C21H30N4O3S. The molecule has 0 aliphatic rings. The number of aryl methyl sites for hydroxylation is 1. The number of ether oxygens (including phenoxy) is 1. The fraction of sp³-hybridized carbons (Fsp3) is 0.381. The molecule has 0 unspecified atom stereocenters. The minimum Gasteiger partial charge on any atom is -0.493 e. The van der Waals surface area contributed by atoms with Gasteiger partial charge in [-0.2, -0.15) is 0 Å². The normalized spacial score (nSPS) is 11.9. The van der Waals surface area contributed by atoms with Crippen LogP contribution in [0.3, 0.4) is 0 Å². The summed E-state index contributed by atoms with van der Waals surface area (Å²) in [6, 6.07) is 12.6. The molecule has 0 atom stereocenters. The van der Waals surface area contributed by atoms with Crippen LogP contribution in [0.2, 0.25) is 0 Å². The minimum absolute atomic E-state index is 0.0919. The molecule has 2 rings (SSSR count). The highest BCUT2D eigenvalue weighted by Gasteiger charge is 2.08. The molecule has 0 aliphatic heterocycles. The fourth-order valence-electron chi connectivity index (χ4n) is 2.63. The summed E-state index contributed by atoms with van der Waals surface area (Å²) < 4.78 is 28.6. The third kappa shape index (κ3) is 7.40. The number of guanidine groups is 1. The molecule has 0 spiro atoms. The van der Waals surface area contributed by atoms with Crippen LogP contribution in [-0.4, -0.2) is 27.5 Å². The Morgan fingerprint density at radius 2 is 1.83 bits per heavy atom. The van der Waals surface area contributed by atoms with E-state index in [0.717, 1.165) is 35.4 Å². The van der Waals surface area contributed by atoms with E-state index in [0.29, 0.717) is 25.7 Å². The van der Waals surface area contributed by atoms with E-state index in [1.807, 2.05) is 19.9 Å². The minimum atomic E-state index is -3.69. The van der Waals surface area contributed by atoms with Gasteiger partial charge in [-0.25, -0.2) is 18.5 Å². The van der Waals surface area contributed by atoms with E-state index < -0.39 is 10.0 Å². The number of benzene rings is 2. The Morgan fingerprint density at radius 3 is 2.45 bits per heavy atom. The van der Waals surface area contributed by atoms with Crippen molar-refractivity contribution >= 4 is 16.0 Å². The van der Waals surface area contributed by atoms with E-state index in [2.05, 4.69) is 34.7 Å². The van der Waals surface area contributed by atoms with Crippen molar-refractivity contribution in [3.05, 3.63) is 59.2 Å². The number of nitrogens with two attached hydrogens (primary N) is 1. The summed E-state index contributed by atoms with van der Waals surface area (Å²) in [5, 5.41) is 11.7. The van der Waals surface area contributed by atoms with Crippen molar-refractivity contribution in [1.82, 2.24) is 10.6 Å². The molecule has 4 N–H and O–H groups in total. The quantitative estimate of drug-likeness (QED) is 0.429. The van der Waals surface area contributed by atoms with E-state index in [9.17, 15) is 8.42 Å². The van der Waals surface area contributed by atoms with Gasteiger partial charge in [-0.05, 0) is 49.6 Å². The Bertz CT molecular complexity index is 925. The molecule has 0 fully saturated rings. The van der Waals surface area contributed by atoms with Gasteiger partial charge in [0.2, 0.25) is 10.0 Å². The zero-order valence-corrected chi connectivity index (χ0v) is 18.1. The predicted octanol–water partition coefficient (Wildman–Crippen LogP) is 2.69. The first kappa shape index (κ1) is 22.7. The van der Waals surface area contributed by atoms with Crippen molar-refractivity contribution in [3.8, 4) is 5.75 Å². The monoisotopic (exact) mass is 418 g/mol. The number of hydrogen-bond acceptors (Lipinski definition) is 4. The molecule has 0 saturated heterocycles. The zero-order chi connectivity index (χ0) is 21.3. The molecule has 0 radical (unpaired) electrons. The molecule has 29 heavy (non-hydrogen) atoms. The maximum Gasteiger partial charge on any atom is 0.238 e. The lowest BCUT2D eigenvalue weighted by molar-refractivity contribution is 0.313. The van der Waals surface area contributed by atoms with Gasteiger partial charge in [0, 0.05) is 18.7 Å². The molecule has 8 heteroatoms. The first-order valence-electron chi connectivity index (χ1n) is 9.69. The second-order valence-electron chi connectivity index (χ2n) is 6.70. The standard InChI is InChI=1S/C21H30N4O3S/c1-4-12-28-20-13-16(3)6-9-18(20)15-25-21(23-5-2)24-14-17-7-10-19(11-8-17)29(22,26)27/h6-11,13H,4-5,12,14-15H2,1-3H3,(H2,22,26,27)(H2,23,24,25). The van der Waals surface area contributed by atoms with Gasteiger partial charge in [0.1, 0.15) is 5.75 Å². The van der Waals surface area contributed by atoms with E-state index >= 15 is 0 Å². The number of nitrogens with zero attached hydrogens (tertiary/aromatic N) is 1. The number of nitrogens with one attached hydrogen (secondary N) is 2. The molecule has 0 aromatic heterocycles. The second-order valence-corrected chi connectivity index (χ2v) is 8.26. The van der Waals surface area contributed by atoms with Crippen LogP contribution in [0.5, 0.6) is 5.75 Å². The smallest absolute Gasteiger partial charge is 0.238 e. The zero-order valence-electron chi connectivity index (χ0n) is 17.2. The lowest BCUT2D eigenvalue weighted by Crippen LogP contribution is -2.36. The highest BCUT2D eigenvalue weighted by Crippen LogP contribution is 2.20. The number of sulfonamides is 1. The molecule has 2 aromatic rings. The Balaban J connectivity index is 2.06. The Morgan fingerprint density at radius 1 is 1.10 bits per heavy atom. The topological polar surface area (TPSA) is 106 Å². The van der Waals surface area contributed by atoms with Gasteiger partial charge >= 0.3 is 0 Å². The van der Waals surface area contributed by atoms with Gasteiger partial charge in [0.25, 0.3) is 0 Å². The van der Waals surface area contributed by atoms with Gasteiger partial charge < -0.3 is 15.4 Å². The van der Waals surface area contributed by atoms with Crippen molar-refractivity contribution in [2.45, 2.75) is 45.2 Å². The Kier molecular flexibility index (Phi) is 8.48. The van der Waals surface area contributed by atoms with Crippen molar-refractivity contribution in [3.63, 3.8) is 0 Å². The molecule has 0 amide bonds. The van der Waals surface area contributed by atoms with Gasteiger partial charge in [0.15, 0.2) is 5.96 Å². The fourth-order valence-corrected chi connectivity index (χ4v) is 3.15. The number of hydrogen-bond donors (Lipinski definition) is 3. The highest BCUT2D eigenvalue weighted by atomic mass is 32.2. The lowest BCUT2D eigenvalue weighted by Gasteiger charge is -2.15. The van der Waals surface area contributed by atoms with E-state index in [1.54, 1.807) is 12.1 Å². The molecule has 0 bridgehead atoms. The summed E-state index contributed by atoms with van der Waals surface area (Å²) >= 11 is 0. The van der Waals surface area contributed by atoms with Gasteiger partial charge in [0.05, 0.1) is 18.0 Å². The SMILES string of the molecule is CCCOc1cc(C)ccc1CNC(=NCc1ccc(S(N)(=O)=O)cc1)NCC. The average molecular weight is 419 g/mol. The highest BCUT2D eigenvalue weighted by molar-refractivity contribution is 7.89. The molecular weight excluding hydrogens is 388 g/mol. The number of aliphatic imine (C=N–C) groups is 1. The van der Waals surface area contributed by atoms with Gasteiger partial charge in [-0.3, -0.25) is 0 Å². The van der Waals surface area contributed by atoms with Gasteiger partial charge in [-0.15, -0.1) is 0 Å². The van der Waals surface area contributed by atoms with Crippen LogP contribution in [-0.2, 0) is 23.1 Å². The molecule has 0 aliphatic carbocycles. The number of primary sulfonamides is 1. The summed E-state index contributed by atoms with van der Waals surface area (Å²) in [6.45, 7) is 8.52. The maximum atomic E-state index is 11.3. The summed E-state index contributed by atoms with van der Waals surface area (Å²) in [5.74, 6) is 1.55. The van der Waals surface area contributed by atoms with Crippen LogP contribution in [0.1, 0.15) is 37.0 Å². The summed E-state index contributed by atoms with van der Waals surface area (Å²) in [5.41, 5.74) is 3.10. The van der Waals surface area contributed by atoms with E-state index in [1.165, 1.54) is 12.1 Å². The van der Waals surface area contributed by atoms with Crippen LogP contribution in [0.4, 0.5) is 0 Å². The van der Waals surface area contributed by atoms with E-state index in [-0.39, 0.29) is 4.90 Å². The summed E-state index contributed by atoms with van der Waals surface area (Å²) in [7, 11) is -3.69. The Labute approximate surface area is 173 Å². The third-order valence-electron chi connectivity index (χ3n) is 4.15. The van der Waals surface area contributed by atoms with E-state index in [4.69, 9.17) is 9.88 Å². The molecule has 158 valence electrons. The maximum absolute atomic E-state index is 11.3. The predicted molar refractivity (Wildman–Crippen MR) is 116 cm³/mol. The van der Waals surface area contributed by atoms with Crippen molar-refractivity contribution in [2.24, 2.45) is 10.1 Å². The Hall–Kier alpha value is -2.58. The third-order valence-corrected chi connectivity index (χ3v) is 5.08. The van der Waals surface area contributed by atoms with Crippen LogP contribution < -0.4 is 20.5 Å². The van der Waals surface area contributed by atoms with Crippen molar-refractivity contribution in [1.29, 1.82) is 0 Å².